The van der Waals surface area contributed by atoms with Gasteiger partial charge in [-0.2, -0.15) is 0 Å². The molecule has 4 heteroatoms. The number of phenols is 1. The zero-order valence-corrected chi connectivity index (χ0v) is 14.0. The highest BCUT2D eigenvalue weighted by Crippen LogP contribution is 2.18. The molecule has 25 heavy (non-hydrogen) atoms. The third kappa shape index (κ3) is 4.91. The molecule has 0 amide bonds. The number of nitrogens with zero attached hydrogens (tertiary/aromatic N) is 3. The monoisotopic (exact) mass is 331 g/mol. The molecule has 3 aromatic rings. The van der Waals surface area contributed by atoms with Crippen LogP contribution in [0.3, 0.4) is 0 Å². The van der Waals surface area contributed by atoms with Gasteiger partial charge < -0.3 is 9.67 Å². The number of aromatic nitrogens is 2. The molecule has 2 aromatic carbocycles. The number of aryl methyl sites for hydroxylation is 1. The van der Waals surface area contributed by atoms with E-state index in [1.165, 1.54) is 0 Å². The van der Waals surface area contributed by atoms with Crippen molar-refractivity contribution in [3.63, 3.8) is 0 Å². The lowest BCUT2D eigenvalue weighted by Gasteiger charge is -2.06. The van der Waals surface area contributed by atoms with Crippen molar-refractivity contribution in [2.75, 3.05) is 6.54 Å². The smallest absolute Gasteiger partial charge is 0.124 e. The number of phenolic OH excluding ortho intramolecular Hbond substituents is 1. The van der Waals surface area contributed by atoms with E-state index in [1.807, 2.05) is 77.8 Å². The predicted molar refractivity (Wildman–Crippen MR) is 102 cm³/mol. The molecule has 0 aliphatic rings. The van der Waals surface area contributed by atoms with Gasteiger partial charge in [0.15, 0.2) is 0 Å². The minimum atomic E-state index is 0.244. The van der Waals surface area contributed by atoms with Crippen molar-refractivity contribution in [1.29, 1.82) is 0 Å². The fourth-order valence-corrected chi connectivity index (χ4v) is 2.53. The zero-order valence-electron chi connectivity index (χ0n) is 14.0. The maximum Gasteiger partial charge on any atom is 0.124 e. The fraction of sp³-hybridized carbons (Fsp3) is 0.143. The molecule has 0 fully saturated rings. The van der Waals surface area contributed by atoms with Crippen molar-refractivity contribution < 1.29 is 5.11 Å². The highest BCUT2D eigenvalue weighted by atomic mass is 16.3. The van der Waals surface area contributed by atoms with Crippen LogP contribution in [-0.2, 0) is 6.54 Å². The molecule has 0 aliphatic heterocycles. The summed E-state index contributed by atoms with van der Waals surface area (Å²) in [5.41, 5.74) is 2.63. The van der Waals surface area contributed by atoms with Gasteiger partial charge in [0.05, 0.1) is 12.0 Å². The molecule has 1 N–H and O–H groups in total. The van der Waals surface area contributed by atoms with Gasteiger partial charge in [-0.15, -0.1) is 0 Å². The number of allylic oxidation sites excluding steroid dienone is 1. The maximum absolute atomic E-state index is 10.2. The average Bonchev–Trinajstić information content (AvgIpc) is 3.16. The first kappa shape index (κ1) is 16.7. The van der Waals surface area contributed by atoms with Crippen molar-refractivity contribution in [2.24, 2.45) is 4.99 Å². The quantitative estimate of drug-likeness (QED) is 0.521. The number of aliphatic imine (C=N–C) groups is 1. The van der Waals surface area contributed by atoms with Crippen LogP contribution < -0.4 is 0 Å². The van der Waals surface area contributed by atoms with Crippen molar-refractivity contribution >= 4 is 11.8 Å². The summed E-state index contributed by atoms with van der Waals surface area (Å²) in [5, 5.41) is 10.2. The predicted octanol–water partition coefficient (Wildman–Crippen LogP) is 4.18. The van der Waals surface area contributed by atoms with E-state index in [4.69, 9.17) is 4.99 Å². The van der Waals surface area contributed by atoms with Crippen LogP contribution in [0.15, 0.2) is 84.4 Å². The van der Waals surface area contributed by atoms with Gasteiger partial charge in [0, 0.05) is 31.0 Å². The summed E-state index contributed by atoms with van der Waals surface area (Å²) in [6, 6.07) is 17.4. The van der Waals surface area contributed by atoms with Gasteiger partial charge in [0.25, 0.3) is 0 Å². The van der Waals surface area contributed by atoms with Crippen molar-refractivity contribution in [2.45, 2.75) is 13.0 Å². The third-order valence-electron chi connectivity index (χ3n) is 3.83. The van der Waals surface area contributed by atoms with Crippen LogP contribution in [0, 0.1) is 0 Å². The largest absolute Gasteiger partial charge is 0.507 e. The second-order valence-electron chi connectivity index (χ2n) is 5.68. The van der Waals surface area contributed by atoms with E-state index >= 15 is 0 Å². The minimum absolute atomic E-state index is 0.244. The van der Waals surface area contributed by atoms with E-state index in [1.54, 1.807) is 12.3 Å². The van der Waals surface area contributed by atoms with Gasteiger partial charge in [-0.1, -0.05) is 48.5 Å². The molecular weight excluding hydrogens is 310 g/mol. The molecule has 0 bridgehead atoms. The lowest BCUT2D eigenvalue weighted by molar-refractivity contribution is 0.474. The SMILES string of the molecule is Oc1ccccc1C(/C=C/c1ccccc1)=NCCCn1ccnc1. The van der Waals surface area contributed by atoms with Gasteiger partial charge in [-0.3, -0.25) is 4.99 Å². The molecule has 1 heterocycles. The minimum Gasteiger partial charge on any atom is -0.507 e. The molecule has 0 aliphatic carbocycles. The van der Waals surface area contributed by atoms with E-state index < -0.39 is 0 Å². The fourth-order valence-electron chi connectivity index (χ4n) is 2.53. The molecule has 1 aromatic heterocycles. The van der Waals surface area contributed by atoms with E-state index in [-0.39, 0.29) is 5.75 Å². The lowest BCUT2D eigenvalue weighted by Crippen LogP contribution is -2.01. The molecule has 0 saturated heterocycles. The van der Waals surface area contributed by atoms with Crippen LogP contribution >= 0.6 is 0 Å². The number of hydrogen-bond donors (Lipinski definition) is 1. The number of para-hydroxylation sites is 1. The van der Waals surface area contributed by atoms with E-state index in [9.17, 15) is 5.11 Å². The third-order valence-corrected chi connectivity index (χ3v) is 3.83. The summed E-state index contributed by atoms with van der Waals surface area (Å²) in [6.07, 6.45) is 10.4. The molecular formula is C21H21N3O. The molecule has 0 saturated carbocycles. The van der Waals surface area contributed by atoms with Crippen molar-refractivity contribution in [1.82, 2.24) is 9.55 Å². The normalized spacial score (nSPS) is 11.9. The highest BCUT2D eigenvalue weighted by Gasteiger charge is 2.05. The topological polar surface area (TPSA) is 50.4 Å². The Morgan fingerprint density at radius 1 is 1.08 bits per heavy atom. The van der Waals surface area contributed by atoms with Crippen molar-refractivity contribution in [3.8, 4) is 5.75 Å². The molecule has 4 nitrogen and oxygen atoms in total. The first-order valence-electron chi connectivity index (χ1n) is 8.34. The Kier molecular flexibility index (Phi) is 5.77. The standard InChI is InChI=1S/C21H21N3O/c25-21-10-5-4-9-19(21)20(12-11-18-7-2-1-3-8-18)23-13-6-15-24-16-14-22-17-24/h1-5,7-12,14,16-17,25H,6,13,15H2/b12-11+,23-20?. The molecule has 3 rings (SSSR count). The van der Waals surface area contributed by atoms with E-state index in [0.29, 0.717) is 6.54 Å². The molecule has 0 unspecified atom stereocenters. The Bertz CT molecular complexity index is 837. The van der Waals surface area contributed by atoms with Crippen LogP contribution in [0.1, 0.15) is 17.5 Å². The van der Waals surface area contributed by atoms with Crippen LogP contribution in [0.5, 0.6) is 5.75 Å². The molecule has 126 valence electrons. The van der Waals surface area contributed by atoms with Gasteiger partial charge in [0.2, 0.25) is 0 Å². The maximum atomic E-state index is 10.2. The number of aromatic hydroxyl groups is 1. The van der Waals surface area contributed by atoms with Gasteiger partial charge in [0.1, 0.15) is 5.75 Å². The Morgan fingerprint density at radius 2 is 1.88 bits per heavy atom. The Balaban J connectivity index is 1.75. The van der Waals surface area contributed by atoms with Gasteiger partial charge in [-0.05, 0) is 30.2 Å². The van der Waals surface area contributed by atoms with E-state index in [0.717, 1.165) is 29.8 Å². The first-order chi connectivity index (χ1) is 12.3. The Morgan fingerprint density at radius 3 is 2.64 bits per heavy atom. The molecule has 0 spiro atoms. The Labute approximate surface area is 147 Å². The summed E-state index contributed by atoms with van der Waals surface area (Å²) in [4.78, 5) is 8.75. The second kappa shape index (κ2) is 8.64. The van der Waals surface area contributed by atoms with Gasteiger partial charge in [-0.25, -0.2) is 4.98 Å². The zero-order chi connectivity index (χ0) is 17.3. The molecule has 0 atom stereocenters. The summed E-state index contributed by atoms with van der Waals surface area (Å²) >= 11 is 0. The summed E-state index contributed by atoms with van der Waals surface area (Å²) < 4.78 is 2.04. The second-order valence-corrected chi connectivity index (χ2v) is 5.68. The summed E-state index contributed by atoms with van der Waals surface area (Å²) in [5.74, 6) is 0.244. The lowest BCUT2D eigenvalue weighted by atomic mass is 10.1. The summed E-state index contributed by atoms with van der Waals surface area (Å²) in [7, 11) is 0. The Hall–Kier alpha value is -3.14. The highest BCUT2D eigenvalue weighted by molar-refractivity contribution is 6.12. The number of imidazole rings is 1. The number of benzene rings is 2. The van der Waals surface area contributed by atoms with Crippen LogP contribution in [0.25, 0.3) is 6.08 Å². The van der Waals surface area contributed by atoms with Gasteiger partial charge >= 0.3 is 0 Å². The molecule has 0 radical (unpaired) electrons. The first-order valence-corrected chi connectivity index (χ1v) is 8.34. The van der Waals surface area contributed by atoms with E-state index in [2.05, 4.69) is 4.98 Å². The summed E-state index contributed by atoms with van der Waals surface area (Å²) in [6.45, 7) is 1.56. The number of rotatable bonds is 7. The van der Waals surface area contributed by atoms with Crippen LogP contribution in [0.2, 0.25) is 0 Å². The number of hydrogen-bond acceptors (Lipinski definition) is 3. The van der Waals surface area contributed by atoms with Crippen molar-refractivity contribution in [3.05, 3.63) is 90.5 Å². The average molecular weight is 331 g/mol. The van der Waals surface area contributed by atoms with Crippen LogP contribution in [0.4, 0.5) is 0 Å². The van der Waals surface area contributed by atoms with Crippen LogP contribution in [-0.4, -0.2) is 26.9 Å².